The van der Waals surface area contributed by atoms with Crippen molar-refractivity contribution >= 4 is 40.1 Å². The molecule has 0 amide bonds. The van der Waals surface area contributed by atoms with E-state index in [0.717, 1.165) is 10.7 Å². The van der Waals surface area contributed by atoms with E-state index in [2.05, 4.69) is 27.3 Å². The summed E-state index contributed by atoms with van der Waals surface area (Å²) in [5, 5.41) is 0. The predicted octanol–water partition coefficient (Wildman–Crippen LogP) is 1.61. The lowest BCUT2D eigenvalue weighted by Gasteiger charge is -2.00. The Balaban J connectivity index is 2.73. The van der Waals surface area contributed by atoms with E-state index in [0.29, 0.717) is 5.56 Å². The molecule has 0 aliphatic carbocycles. The van der Waals surface area contributed by atoms with Gasteiger partial charge in [0.2, 0.25) is 5.78 Å². The van der Waals surface area contributed by atoms with E-state index in [1.54, 1.807) is 18.2 Å². The highest BCUT2D eigenvalue weighted by molar-refractivity contribution is 14.1. The topological polar surface area (TPSA) is 60.4 Å². The number of halogens is 1. The number of rotatable bonds is 4. The summed E-state index contributed by atoms with van der Waals surface area (Å²) in [5.74, 6) is -2.20. The summed E-state index contributed by atoms with van der Waals surface area (Å²) in [5.41, 5.74) is 0.421. The van der Waals surface area contributed by atoms with Gasteiger partial charge >= 0.3 is 5.97 Å². The third-order valence-corrected chi connectivity index (χ3v) is 2.55. The first kappa shape index (κ1) is 12.8. The summed E-state index contributed by atoms with van der Waals surface area (Å²) >= 11 is 2.06. The van der Waals surface area contributed by atoms with E-state index < -0.39 is 18.2 Å². The minimum Gasteiger partial charge on any atom is -0.463 e. The molecule has 0 unspecified atom stereocenters. The van der Waals surface area contributed by atoms with Crippen LogP contribution in [0.2, 0.25) is 0 Å². The van der Waals surface area contributed by atoms with Crippen LogP contribution in [-0.4, -0.2) is 24.6 Å². The molecular formula is C11H9IO4. The van der Waals surface area contributed by atoms with Gasteiger partial charge in [-0.1, -0.05) is 12.1 Å². The van der Waals surface area contributed by atoms with Crippen LogP contribution in [0.1, 0.15) is 16.8 Å². The first-order chi connectivity index (χ1) is 7.54. The van der Waals surface area contributed by atoms with Gasteiger partial charge in [-0.3, -0.25) is 9.59 Å². The molecule has 4 nitrogen and oxygen atoms in total. The minimum absolute atomic E-state index is 0.381. The number of benzene rings is 1. The fourth-order valence-corrected chi connectivity index (χ4v) is 1.64. The normalized spacial score (nSPS) is 9.62. The van der Waals surface area contributed by atoms with Crippen LogP contribution in [0.25, 0.3) is 0 Å². The Morgan fingerprint density at radius 1 is 1.31 bits per heavy atom. The van der Waals surface area contributed by atoms with Gasteiger partial charge in [-0.25, -0.2) is 4.79 Å². The van der Waals surface area contributed by atoms with Gasteiger partial charge in [0, 0.05) is 9.13 Å². The van der Waals surface area contributed by atoms with Crippen molar-refractivity contribution in [2.24, 2.45) is 0 Å². The Labute approximate surface area is 106 Å². The highest BCUT2D eigenvalue weighted by atomic mass is 127. The number of carbonyl (C=O) groups is 3. The highest BCUT2D eigenvalue weighted by Crippen LogP contribution is 2.10. The third kappa shape index (κ3) is 3.41. The van der Waals surface area contributed by atoms with Gasteiger partial charge in [-0.15, -0.1) is 0 Å². The van der Waals surface area contributed by atoms with Crippen molar-refractivity contribution in [1.82, 2.24) is 0 Å². The van der Waals surface area contributed by atoms with Crippen LogP contribution in [0.5, 0.6) is 0 Å². The predicted molar refractivity (Wildman–Crippen MR) is 65.1 cm³/mol. The van der Waals surface area contributed by atoms with Crippen molar-refractivity contribution in [3.8, 4) is 0 Å². The Kier molecular flexibility index (Phi) is 4.60. The highest BCUT2D eigenvalue weighted by Gasteiger charge is 2.19. The molecule has 0 saturated heterocycles. The Morgan fingerprint density at radius 2 is 2.00 bits per heavy atom. The van der Waals surface area contributed by atoms with Gasteiger partial charge < -0.3 is 4.74 Å². The molecule has 0 saturated carbocycles. The zero-order valence-corrected chi connectivity index (χ0v) is 10.7. The molecule has 16 heavy (non-hydrogen) atoms. The van der Waals surface area contributed by atoms with E-state index in [4.69, 9.17) is 0 Å². The number of ketones is 2. The Hall–Kier alpha value is -1.24. The lowest BCUT2D eigenvalue weighted by atomic mass is 10.1. The molecule has 1 rings (SSSR count). The second-order valence-corrected chi connectivity index (χ2v) is 4.27. The molecule has 0 N–H and O–H groups in total. The van der Waals surface area contributed by atoms with E-state index in [-0.39, 0.29) is 5.78 Å². The summed E-state index contributed by atoms with van der Waals surface area (Å²) in [7, 11) is 1.11. The number of Topliss-reactive ketones (excluding diaryl/α,β-unsaturated/α-hetero) is 2. The first-order valence-electron chi connectivity index (χ1n) is 4.44. The number of esters is 1. The summed E-state index contributed by atoms with van der Waals surface area (Å²) in [4.78, 5) is 33.6. The molecule has 0 fully saturated rings. The number of hydrogen-bond donors (Lipinski definition) is 0. The number of ether oxygens (including phenoxy) is 1. The average Bonchev–Trinajstić information content (AvgIpc) is 2.27. The molecule has 0 atom stereocenters. The summed E-state index contributed by atoms with van der Waals surface area (Å²) in [6, 6.07) is 6.82. The third-order valence-electron chi connectivity index (χ3n) is 1.88. The molecule has 0 aliphatic rings. The van der Waals surface area contributed by atoms with Gasteiger partial charge in [0.25, 0.3) is 0 Å². The van der Waals surface area contributed by atoms with Crippen LogP contribution < -0.4 is 0 Å². The first-order valence-corrected chi connectivity index (χ1v) is 5.52. The molecule has 1 aromatic carbocycles. The van der Waals surface area contributed by atoms with Crippen molar-refractivity contribution < 1.29 is 19.1 Å². The van der Waals surface area contributed by atoms with Gasteiger partial charge in [0.05, 0.1) is 13.5 Å². The van der Waals surface area contributed by atoms with Gasteiger partial charge in [0.15, 0.2) is 5.78 Å². The molecular weight excluding hydrogens is 323 g/mol. The van der Waals surface area contributed by atoms with Crippen LogP contribution in [0.15, 0.2) is 24.3 Å². The number of carbonyl (C=O) groups excluding carboxylic acids is 3. The molecule has 0 bridgehead atoms. The van der Waals surface area contributed by atoms with E-state index in [9.17, 15) is 14.4 Å². The zero-order chi connectivity index (χ0) is 12.1. The Bertz CT molecular complexity index is 439. The van der Waals surface area contributed by atoms with Crippen molar-refractivity contribution in [2.45, 2.75) is 6.42 Å². The smallest absolute Gasteiger partial charge is 0.374 e. The summed E-state index contributed by atoms with van der Waals surface area (Å²) in [6.45, 7) is 0. The Morgan fingerprint density at radius 3 is 2.56 bits per heavy atom. The SMILES string of the molecule is COC(=O)C(=O)CC(=O)c1cccc(I)c1. The fraction of sp³-hybridized carbons (Fsp3) is 0.182. The van der Waals surface area contributed by atoms with Crippen LogP contribution in [0, 0.1) is 3.57 Å². The second-order valence-electron chi connectivity index (χ2n) is 3.03. The van der Waals surface area contributed by atoms with Crippen molar-refractivity contribution in [3.05, 3.63) is 33.4 Å². The van der Waals surface area contributed by atoms with Crippen LogP contribution in [-0.2, 0) is 14.3 Å². The number of hydrogen-bond acceptors (Lipinski definition) is 4. The van der Waals surface area contributed by atoms with Crippen LogP contribution in [0.4, 0.5) is 0 Å². The molecule has 0 aliphatic heterocycles. The standard InChI is InChI=1S/C11H9IO4/c1-16-11(15)10(14)6-9(13)7-3-2-4-8(12)5-7/h2-5H,6H2,1H3. The zero-order valence-electron chi connectivity index (χ0n) is 8.53. The monoisotopic (exact) mass is 332 g/mol. The molecule has 0 spiro atoms. The lowest BCUT2D eigenvalue weighted by Crippen LogP contribution is -2.19. The molecule has 0 heterocycles. The maximum absolute atomic E-state index is 11.6. The largest absolute Gasteiger partial charge is 0.463 e. The molecule has 0 radical (unpaired) electrons. The molecule has 0 aromatic heterocycles. The lowest BCUT2D eigenvalue weighted by molar-refractivity contribution is -0.151. The maximum atomic E-state index is 11.6. The number of methoxy groups -OCH3 is 1. The van der Waals surface area contributed by atoms with Crippen molar-refractivity contribution in [1.29, 1.82) is 0 Å². The quantitative estimate of drug-likeness (QED) is 0.276. The van der Waals surface area contributed by atoms with Gasteiger partial charge in [0.1, 0.15) is 0 Å². The van der Waals surface area contributed by atoms with E-state index in [1.165, 1.54) is 0 Å². The van der Waals surface area contributed by atoms with Crippen LogP contribution in [0.3, 0.4) is 0 Å². The van der Waals surface area contributed by atoms with E-state index >= 15 is 0 Å². The van der Waals surface area contributed by atoms with Gasteiger partial charge in [-0.2, -0.15) is 0 Å². The van der Waals surface area contributed by atoms with Crippen LogP contribution >= 0.6 is 22.6 Å². The maximum Gasteiger partial charge on any atom is 0.374 e. The average molecular weight is 332 g/mol. The molecule has 1 aromatic rings. The second kappa shape index (κ2) is 5.74. The van der Waals surface area contributed by atoms with Crippen molar-refractivity contribution in [3.63, 3.8) is 0 Å². The summed E-state index contributed by atoms with van der Waals surface area (Å²) in [6.07, 6.45) is -0.452. The van der Waals surface area contributed by atoms with Gasteiger partial charge in [-0.05, 0) is 34.7 Å². The fourth-order valence-electron chi connectivity index (χ4n) is 1.10. The summed E-state index contributed by atoms with van der Waals surface area (Å²) < 4.78 is 5.13. The van der Waals surface area contributed by atoms with E-state index in [1.807, 2.05) is 6.07 Å². The van der Waals surface area contributed by atoms with Crippen molar-refractivity contribution in [2.75, 3.05) is 7.11 Å². The minimum atomic E-state index is -0.987. The molecule has 84 valence electrons. The molecule has 5 heteroatoms.